The molecule has 0 fully saturated rings. The Morgan fingerprint density at radius 3 is 2.41 bits per heavy atom. The van der Waals surface area contributed by atoms with Gasteiger partial charge in [0, 0.05) is 17.1 Å². The number of benzene rings is 3. The van der Waals surface area contributed by atoms with E-state index in [0.29, 0.717) is 11.7 Å². The molecule has 2 N–H and O–H groups in total. The van der Waals surface area contributed by atoms with Gasteiger partial charge in [-0.15, -0.1) is 10.2 Å². The molecule has 1 amide bonds. The number of rotatable bonds is 8. The first-order valence-corrected chi connectivity index (χ1v) is 11.4. The first-order chi connectivity index (χ1) is 15.6. The minimum absolute atomic E-state index is 0.0825. The number of hydrogen-bond acceptors (Lipinski definition) is 5. The fourth-order valence-electron chi connectivity index (χ4n) is 3.24. The molecule has 1 aromatic heterocycles. The Balaban J connectivity index is 1.48. The predicted octanol–water partition coefficient (Wildman–Crippen LogP) is 5.23. The van der Waals surface area contributed by atoms with Gasteiger partial charge in [-0.05, 0) is 55.8 Å². The van der Waals surface area contributed by atoms with Gasteiger partial charge in [0.25, 0.3) is 0 Å². The normalized spacial score (nSPS) is 10.7. The van der Waals surface area contributed by atoms with Crippen molar-refractivity contribution in [1.82, 2.24) is 14.8 Å². The zero-order valence-corrected chi connectivity index (χ0v) is 18.9. The molecule has 0 aliphatic rings. The van der Waals surface area contributed by atoms with E-state index in [4.69, 9.17) is 0 Å². The summed E-state index contributed by atoms with van der Waals surface area (Å²) in [5, 5.41) is 15.8. The maximum atomic E-state index is 12.5. The number of para-hydroxylation sites is 1. The molecule has 4 aromatic rings. The van der Waals surface area contributed by atoms with Crippen LogP contribution in [0.15, 0.2) is 84.0 Å². The quantitative estimate of drug-likeness (QED) is 0.365. The number of amides is 1. The van der Waals surface area contributed by atoms with Crippen LogP contribution in [0.4, 0.5) is 11.4 Å². The van der Waals surface area contributed by atoms with Gasteiger partial charge in [-0.1, -0.05) is 59.8 Å². The van der Waals surface area contributed by atoms with E-state index < -0.39 is 0 Å². The summed E-state index contributed by atoms with van der Waals surface area (Å²) >= 11 is 1.37. The number of aryl methyl sites for hydroxylation is 2. The third-order valence-electron chi connectivity index (χ3n) is 4.85. The van der Waals surface area contributed by atoms with Crippen molar-refractivity contribution in [3.8, 4) is 5.69 Å². The van der Waals surface area contributed by atoms with Crippen molar-refractivity contribution in [2.45, 2.75) is 25.5 Å². The van der Waals surface area contributed by atoms with Crippen molar-refractivity contribution in [2.24, 2.45) is 0 Å². The molecule has 0 radical (unpaired) electrons. The molecule has 32 heavy (non-hydrogen) atoms. The summed E-state index contributed by atoms with van der Waals surface area (Å²) in [6, 6.07) is 25.9. The van der Waals surface area contributed by atoms with Crippen LogP contribution in [0.2, 0.25) is 0 Å². The second-order valence-electron chi connectivity index (χ2n) is 7.50. The molecule has 4 rings (SSSR count). The van der Waals surface area contributed by atoms with E-state index in [2.05, 4.69) is 39.9 Å². The van der Waals surface area contributed by atoms with Crippen LogP contribution in [-0.2, 0) is 11.3 Å². The summed E-state index contributed by atoms with van der Waals surface area (Å²) in [6.07, 6.45) is 0. The Morgan fingerprint density at radius 1 is 0.875 bits per heavy atom. The van der Waals surface area contributed by atoms with Crippen LogP contribution in [0.3, 0.4) is 0 Å². The number of carbonyl (C=O) groups excluding carboxylic acids is 1. The van der Waals surface area contributed by atoms with Crippen molar-refractivity contribution < 1.29 is 4.79 Å². The third kappa shape index (κ3) is 5.56. The van der Waals surface area contributed by atoms with Gasteiger partial charge < -0.3 is 10.6 Å². The van der Waals surface area contributed by atoms with E-state index in [1.165, 1.54) is 17.3 Å². The van der Waals surface area contributed by atoms with Crippen LogP contribution >= 0.6 is 11.8 Å². The van der Waals surface area contributed by atoms with E-state index in [1.54, 1.807) is 0 Å². The molecule has 3 aromatic carbocycles. The largest absolute Gasteiger partial charge is 0.378 e. The molecule has 7 heteroatoms. The molecule has 0 bridgehead atoms. The number of nitrogens with zero attached hydrogens (tertiary/aromatic N) is 3. The molecule has 0 atom stereocenters. The van der Waals surface area contributed by atoms with Crippen molar-refractivity contribution in [3.63, 3.8) is 0 Å². The maximum absolute atomic E-state index is 12.5. The molecule has 6 nitrogen and oxygen atoms in total. The average Bonchev–Trinajstić information content (AvgIpc) is 3.21. The highest BCUT2D eigenvalue weighted by atomic mass is 32.2. The first kappa shape index (κ1) is 21.6. The standard InChI is InChI=1S/C25H25N5OS/c1-18-11-13-20(14-12-18)27-24(31)17-32-25-29-28-23(30(25)22-9-4-3-5-10-22)16-26-21-8-6-7-19(2)15-21/h3-15,26H,16-17H2,1-2H3,(H,27,31). The van der Waals surface area contributed by atoms with Crippen LogP contribution < -0.4 is 10.6 Å². The number of hydrogen-bond donors (Lipinski definition) is 2. The number of aromatic nitrogens is 3. The SMILES string of the molecule is Cc1ccc(NC(=O)CSc2nnc(CNc3cccc(C)c3)n2-c2ccccc2)cc1. The molecule has 0 aliphatic carbocycles. The fourth-order valence-corrected chi connectivity index (χ4v) is 4.02. The van der Waals surface area contributed by atoms with Crippen molar-refractivity contribution >= 4 is 29.0 Å². The lowest BCUT2D eigenvalue weighted by Crippen LogP contribution is -2.15. The molecule has 0 unspecified atom stereocenters. The number of thioether (sulfide) groups is 1. The van der Waals surface area contributed by atoms with Crippen molar-refractivity contribution in [2.75, 3.05) is 16.4 Å². The molecule has 1 heterocycles. The molecule has 0 spiro atoms. The van der Waals surface area contributed by atoms with Gasteiger partial charge in [0.1, 0.15) is 0 Å². The highest BCUT2D eigenvalue weighted by Crippen LogP contribution is 2.23. The van der Waals surface area contributed by atoms with Gasteiger partial charge >= 0.3 is 0 Å². The van der Waals surface area contributed by atoms with E-state index in [0.717, 1.165) is 28.5 Å². The summed E-state index contributed by atoms with van der Waals surface area (Å²) in [6.45, 7) is 4.60. The van der Waals surface area contributed by atoms with E-state index >= 15 is 0 Å². The summed E-state index contributed by atoms with van der Waals surface area (Å²) < 4.78 is 1.99. The molecule has 0 saturated carbocycles. The Kier molecular flexibility index (Phi) is 6.87. The van der Waals surface area contributed by atoms with Crippen LogP contribution in [-0.4, -0.2) is 26.4 Å². The predicted molar refractivity (Wildman–Crippen MR) is 130 cm³/mol. The summed E-state index contributed by atoms with van der Waals surface area (Å²) in [4.78, 5) is 12.5. The lowest BCUT2D eigenvalue weighted by atomic mass is 10.2. The molecular formula is C25H25N5OS. The van der Waals surface area contributed by atoms with Gasteiger partial charge in [0.2, 0.25) is 5.91 Å². The Hall–Kier alpha value is -3.58. The lowest BCUT2D eigenvalue weighted by Gasteiger charge is -2.12. The van der Waals surface area contributed by atoms with Crippen LogP contribution in [0, 0.1) is 13.8 Å². The van der Waals surface area contributed by atoms with Crippen LogP contribution in [0.5, 0.6) is 0 Å². The monoisotopic (exact) mass is 443 g/mol. The first-order valence-electron chi connectivity index (χ1n) is 10.4. The van der Waals surface area contributed by atoms with Gasteiger partial charge in [-0.3, -0.25) is 9.36 Å². The van der Waals surface area contributed by atoms with Crippen LogP contribution in [0.1, 0.15) is 17.0 Å². The van der Waals surface area contributed by atoms with Crippen LogP contribution in [0.25, 0.3) is 5.69 Å². The van der Waals surface area contributed by atoms with Gasteiger partial charge in [0.15, 0.2) is 11.0 Å². The van der Waals surface area contributed by atoms with Crippen molar-refractivity contribution in [3.05, 3.63) is 95.8 Å². The van der Waals surface area contributed by atoms with E-state index in [1.807, 2.05) is 78.2 Å². The van der Waals surface area contributed by atoms with Gasteiger partial charge in [-0.25, -0.2) is 0 Å². The highest BCUT2D eigenvalue weighted by molar-refractivity contribution is 7.99. The number of carbonyl (C=O) groups is 1. The zero-order chi connectivity index (χ0) is 22.3. The van der Waals surface area contributed by atoms with E-state index in [-0.39, 0.29) is 11.7 Å². The average molecular weight is 444 g/mol. The van der Waals surface area contributed by atoms with E-state index in [9.17, 15) is 4.79 Å². The summed E-state index contributed by atoms with van der Waals surface area (Å²) in [7, 11) is 0. The number of anilines is 2. The van der Waals surface area contributed by atoms with Gasteiger partial charge in [-0.2, -0.15) is 0 Å². The molecule has 162 valence electrons. The topological polar surface area (TPSA) is 71.8 Å². The second kappa shape index (κ2) is 10.2. The number of nitrogens with one attached hydrogen (secondary N) is 2. The Labute approximate surface area is 192 Å². The lowest BCUT2D eigenvalue weighted by molar-refractivity contribution is -0.113. The maximum Gasteiger partial charge on any atom is 0.234 e. The summed E-state index contributed by atoms with van der Waals surface area (Å²) in [5.74, 6) is 0.935. The molecule has 0 saturated heterocycles. The summed E-state index contributed by atoms with van der Waals surface area (Å²) in [5.41, 5.74) is 5.11. The highest BCUT2D eigenvalue weighted by Gasteiger charge is 2.16. The fraction of sp³-hybridized carbons (Fsp3) is 0.160. The minimum atomic E-state index is -0.0825. The second-order valence-corrected chi connectivity index (χ2v) is 8.44. The molecule has 0 aliphatic heterocycles. The molecular weight excluding hydrogens is 418 g/mol. The van der Waals surface area contributed by atoms with Crippen molar-refractivity contribution in [1.29, 1.82) is 0 Å². The Bertz CT molecular complexity index is 1190. The van der Waals surface area contributed by atoms with Gasteiger partial charge in [0.05, 0.1) is 12.3 Å². The minimum Gasteiger partial charge on any atom is -0.378 e. The third-order valence-corrected chi connectivity index (χ3v) is 5.78. The zero-order valence-electron chi connectivity index (χ0n) is 18.1. The Morgan fingerprint density at radius 2 is 1.66 bits per heavy atom. The smallest absolute Gasteiger partial charge is 0.234 e.